The van der Waals surface area contributed by atoms with Crippen molar-refractivity contribution in [1.29, 1.82) is 0 Å². The summed E-state index contributed by atoms with van der Waals surface area (Å²) >= 11 is 9.65. The van der Waals surface area contributed by atoms with Crippen LogP contribution in [0.15, 0.2) is 73.1 Å². The second kappa shape index (κ2) is 19.9. The number of thiophene rings is 2. The van der Waals surface area contributed by atoms with Crippen molar-refractivity contribution >= 4 is 66.5 Å². The molecule has 0 saturated carbocycles. The van der Waals surface area contributed by atoms with Gasteiger partial charge in [-0.15, -0.1) is 34.3 Å². The highest BCUT2D eigenvalue weighted by Crippen LogP contribution is 2.43. The number of rotatable bonds is 12. The Labute approximate surface area is 416 Å². The minimum absolute atomic E-state index is 0.243. The molecule has 10 rings (SSSR count). The molecule has 1 unspecified atom stereocenters. The van der Waals surface area contributed by atoms with Crippen LogP contribution in [0.3, 0.4) is 0 Å². The zero-order valence-corrected chi connectivity index (χ0v) is 43.8. The fourth-order valence-electron chi connectivity index (χ4n) is 11.1. The van der Waals surface area contributed by atoms with Crippen LogP contribution in [0.25, 0.3) is 42.9 Å². The topological polar surface area (TPSA) is 88.3 Å². The molecule has 1 atom stereocenters. The molecular weight excluding hydrogens is 900 g/mol. The summed E-state index contributed by atoms with van der Waals surface area (Å²) in [7, 11) is 0. The molecule has 3 aliphatic heterocycles. The number of carbonyl (C=O) groups excluding carboxylic acids is 2. The monoisotopic (exact) mass is 968 g/mol. The number of halogens is 1. The first-order valence-corrected chi connectivity index (χ1v) is 27.0. The van der Waals surface area contributed by atoms with E-state index in [0.717, 1.165) is 105 Å². The van der Waals surface area contributed by atoms with Gasteiger partial charge in [-0.1, -0.05) is 34.4 Å². The molecule has 8 nitrogen and oxygen atoms in total. The van der Waals surface area contributed by atoms with Crippen molar-refractivity contribution < 1.29 is 9.59 Å². The van der Waals surface area contributed by atoms with Gasteiger partial charge in [-0.05, 0) is 189 Å². The van der Waals surface area contributed by atoms with E-state index in [0.29, 0.717) is 11.8 Å². The summed E-state index contributed by atoms with van der Waals surface area (Å²) in [5.41, 5.74) is 13.0. The van der Waals surface area contributed by atoms with E-state index in [-0.39, 0.29) is 11.8 Å². The Morgan fingerprint density at radius 2 is 1.09 bits per heavy atom. The average molecular weight is 970 g/mol. The number of alkyl halides is 1. The lowest BCUT2D eigenvalue weighted by Gasteiger charge is -2.28. The molecule has 3 saturated heterocycles. The summed E-state index contributed by atoms with van der Waals surface area (Å²) < 4.78 is 0. The summed E-state index contributed by atoms with van der Waals surface area (Å²) in [6, 6.07) is 22.3. The van der Waals surface area contributed by atoms with Gasteiger partial charge in [0.2, 0.25) is 11.8 Å². The number of fused-ring (bicyclic) bond motifs is 2. The number of aromatic amines is 2. The highest BCUT2D eigenvalue weighted by Gasteiger charge is 2.38. The minimum Gasteiger partial charge on any atom is -0.346 e. The summed E-state index contributed by atoms with van der Waals surface area (Å²) in [5.74, 6) is 1.67. The van der Waals surface area contributed by atoms with Crippen LogP contribution < -0.4 is 0 Å². The third kappa shape index (κ3) is 9.85. The predicted molar refractivity (Wildman–Crippen MR) is 286 cm³/mol. The summed E-state index contributed by atoms with van der Waals surface area (Å²) in [4.78, 5) is 49.6. The predicted octanol–water partition coefficient (Wildman–Crippen LogP) is 13.0. The van der Waals surface area contributed by atoms with Crippen molar-refractivity contribution in [3.05, 3.63) is 122 Å². The van der Waals surface area contributed by atoms with Gasteiger partial charge in [0.15, 0.2) is 0 Å². The highest BCUT2D eigenvalue weighted by molar-refractivity contribution is 7.19. The standard InChI is InChI=1S/C33H40N4OS.C24H29ClN2OS/c1-22-17-23(2)19-26(18-22)30-27(10-16-36-15-9-25(21-36)24-7-11-34-12-8-24)28-20-29(39-31(28)35-30)33(3,4)32(38)37-13-5-6-14-37;1-15-11-16(2)13-17(12-15)21-18(7-8-25)19-14-20(29-22(19)26-21)24(3,4)23(28)27-9-5-6-10-27/h7-8,11-12,17-20,25,35H,5-6,9-10,13-16,21H2,1-4H3;11-14,26H,5-10H2,1-4H3. The van der Waals surface area contributed by atoms with Crippen molar-refractivity contribution in [2.45, 2.75) is 117 Å². The van der Waals surface area contributed by atoms with Crippen LogP contribution in [-0.2, 0) is 33.3 Å². The van der Waals surface area contributed by atoms with Crippen LogP contribution in [0.5, 0.6) is 0 Å². The van der Waals surface area contributed by atoms with Crippen molar-refractivity contribution in [3.63, 3.8) is 0 Å². The van der Waals surface area contributed by atoms with Gasteiger partial charge >= 0.3 is 0 Å². The van der Waals surface area contributed by atoms with E-state index in [1.807, 2.05) is 17.3 Å². The third-order valence-electron chi connectivity index (χ3n) is 14.8. The third-order valence-corrected chi connectivity index (χ3v) is 17.7. The maximum Gasteiger partial charge on any atom is 0.233 e. The number of nitrogens with one attached hydrogen (secondary N) is 2. The maximum atomic E-state index is 13.5. The number of carbonyl (C=O) groups is 2. The second-order valence-corrected chi connectivity index (χ2v) is 23.4. The van der Waals surface area contributed by atoms with Crippen molar-refractivity contribution in [2.24, 2.45) is 0 Å². The van der Waals surface area contributed by atoms with Crippen LogP contribution >= 0.6 is 34.3 Å². The van der Waals surface area contributed by atoms with E-state index in [2.05, 4.69) is 141 Å². The molecule has 7 aromatic rings. The smallest absolute Gasteiger partial charge is 0.233 e. The molecule has 0 spiro atoms. The van der Waals surface area contributed by atoms with Crippen LogP contribution in [0.1, 0.15) is 114 Å². The molecule has 0 bridgehead atoms. The normalized spacial score (nSPS) is 16.9. The fraction of sp³-hybridized carbons (Fsp3) is 0.456. The maximum absolute atomic E-state index is 13.5. The number of pyridine rings is 1. The van der Waals surface area contributed by atoms with E-state index >= 15 is 0 Å². The Kier molecular flexibility index (Phi) is 14.2. The lowest BCUT2D eigenvalue weighted by atomic mass is 9.89. The second-order valence-electron chi connectivity index (χ2n) is 20.9. The first-order chi connectivity index (χ1) is 32.6. The number of nitrogens with zero attached hydrogens (tertiary/aromatic N) is 4. The van der Waals surface area contributed by atoms with E-state index in [9.17, 15) is 9.59 Å². The Bertz CT molecular complexity index is 2890. The quantitative estimate of drug-likeness (QED) is 0.119. The molecule has 0 radical (unpaired) electrons. The van der Waals surface area contributed by atoms with Crippen molar-refractivity contribution in [2.75, 3.05) is 51.7 Å². The van der Waals surface area contributed by atoms with E-state index in [1.54, 1.807) is 22.7 Å². The fourth-order valence-corrected chi connectivity index (χ4v) is 13.6. The molecular formula is C57H69ClN6O2S2. The van der Waals surface area contributed by atoms with Crippen LogP contribution in [0.4, 0.5) is 0 Å². The van der Waals surface area contributed by atoms with Gasteiger partial charge < -0.3 is 24.7 Å². The van der Waals surface area contributed by atoms with Gasteiger partial charge in [0.25, 0.3) is 0 Å². The van der Waals surface area contributed by atoms with Crippen molar-refractivity contribution in [1.82, 2.24) is 29.7 Å². The number of H-pyrrole nitrogens is 2. The molecule has 11 heteroatoms. The SMILES string of the molecule is Cc1cc(C)cc(-c2[nH]c3sc(C(C)(C)C(=O)N4CCCC4)cc3c2CCCl)c1.Cc1cc(C)cc(-c2[nH]c3sc(C(C)(C)C(=O)N4CCCC4)cc3c2CCN2CCC(c3ccncc3)C2)c1. The molecule has 8 heterocycles. The molecule has 5 aromatic heterocycles. The first-order valence-electron chi connectivity index (χ1n) is 24.8. The first kappa shape index (κ1) is 48.3. The molecule has 2 amide bonds. The van der Waals surface area contributed by atoms with Crippen LogP contribution in [0, 0.1) is 27.7 Å². The van der Waals surface area contributed by atoms with Crippen LogP contribution in [-0.4, -0.2) is 93.2 Å². The number of hydrogen-bond acceptors (Lipinski definition) is 6. The molecule has 2 aromatic carbocycles. The molecule has 68 heavy (non-hydrogen) atoms. The molecule has 358 valence electrons. The van der Waals surface area contributed by atoms with Gasteiger partial charge in [-0.25, -0.2) is 0 Å². The Morgan fingerprint density at radius 3 is 1.53 bits per heavy atom. The largest absolute Gasteiger partial charge is 0.346 e. The van der Waals surface area contributed by atoms with E-state index in [4.69, 9.17) is 11.6 Å². The molecule has 3 fully saturated rings. The summed E-state index contributed by atoms with van der Waals surface area (Å²) in [6.07, 6.45) is 11.3. The number of likely N-dealkylation sites (tertiary alicyclic amines) is 3. The number of amides is 2. The van der Waals surface area contributed by atoms with Crippen molar-refractivity contribution in [3.8, 4) is 22.5 Å². The van der Waals surface area contributed by atoms with E-state index in [1.165, 1.54) is 77.8 Å². The number of benzene rings is 2. The Hall–Kier alpha value is -4.74. The zero-order valence-electron chi connectivity index (χ0n) is 41.4. The number of aryl methyl sites for hydroxylation is 5. The van der Waals surface area contributed by atoms with E-state index < -0.39 is 10.8 Å². The number of aromatic nitrogens is 3. The highest BCUT2D eigenvalue weighted by atomic mass is 35.5. The van der Waals surface area contributed by atoms with Gasteiger partial charge in [0.1, 0.15) is 9.66 Å². The summed E-state index contributed by atoms with van der Waals surface area (Å²) in [6.45, 7) is 23.8. The van der Waals surface area contributed by atoms with Gasteiger partial charge in [0.05, 0.1) is 22.2 Å². The molecule has 0 aliphatic carbocycles. The van der Waals surface area contributed by atoms with Gasteiger partial charge in [-0.2, -0.15) is 0 Å². The van der Waals surface area contributed by atoms with Gasteiger partial charge in [0, 0.05) is 78.1 Å². The van der Waals surface area contributed by atoms with Crippen LogP contribution in [0.2, 0.25) is 0 Å². The lowest BCUT2D eigenvalue weighted by Crippen LogP contribution is -2.41. The molecule has 2 N–H and O–H groups in total. The molecule has 3 aliphatic rings. The number of hydrogen-bond donors (Lipinski definition) is 2. The summed E-state index contributed by atoms with van der Waals surface area (Å²) in [5, 5.41) is 2.50. The average Bonchev–Trinajstić information content (AvgIpc) is 4.17. The Balaban J connectivity index is 0.000000178. The van der Waals surface area contributed by atoms with Gasteiger partial charge in [-0.3, -0.25) is 14.6 Å². The zero-order chi connectivity index (χ0) is 47.9. The lowest BCUT2D eigenvalue weighted by molar-refractivity contribution is -0.135. The minimum atomic E-state index is -0.515. The Morgan fingerprint density at radius 1 is 0.647 bits per heavy atom.